The first-order valence-corrected chi connectivity index (χ1v) is 7.74. The Kier molecular flexibility index (Phi) is 4.28. The average Bonchev–Trinajstić information content (AvgIpc) is 3.06. The normalized spacial score (nSPS) is 16.5. The van der Waals surface area contributed by atoms with Gasteiger partial charge in [0.1, 0.15) is 11.4 Å². The van der Waals surface area contributed by atoms with E-state index in [9.17, 15) is 19.1 Å². The van der Waals surface area contributed by atoms with Gasteiger partial charge in [-0.3, -0.25) is 4.79 Å². The highest BCUT2D eigenvalue weighted by atomic mass is 19.1. The summed E-state index contributed by atoms with van der Waals surface area (Å²) in [5, 5.41) is 20.1. The predicted molar refractivity (Wildman–Crippen MR) is 82.2 cm³/mol. The quantitative estimate of drug-likeness (QED) is 0.891. The van der Waals surface area contributed by atoms with Gasteiger partial charge in [0.2, 0.25) is 0 Å². The lowest BCUT2D eigenvalue weighted by molar-refractivity contribution is -0.145. The number of halogens is 1. The van der Waals surface area contributed by atoms with Gasteiger partial charge in [-0.05, 0) is 37.1 Å². The minimum absolute atomic E-state index is 0.0190. The zero-order valence-corrected chi connectivity index (χ0v) is 12.9. The number of rotatable bonds is 4. The second-order valence-corrected chi connectivity index (χ2v) is 5.90. The first kappa shape index (κ1) is 16.1. The van der Waals surface area contributed by atoms with E-state index >= 15 is 0 Å². The lowest BCUT2D eigenvalue weighted by atomic mass is 9.81. The van der Waals surface area contributed by atoms with Crippen LogP contribution < -0.4 is 5.32 Å². The van der Waals surface area contributed by atoms with E-state index in [4.69, 9.17) is 0 Å². The van der Waals surface area contributed by atoms with Crippen molar-refractivity contribution in [1.29, 1.82) is 0 Å². The molecule has 0 atom stereocenters. The largest absolute Gasteiger partial charge is 0.480 e. The van der Waals surface area contributed by atoms with Crippen LogP contribution in [-0.2, 0) is 4.79 Å². The Morgan fingerprint density at radius 2 is 1.83 bits per heavy atom. The van der Waals surface area contributed by atoms with Crippen LogP contribution in [0, 0.1) is 5.82 Å². The molecule has 7 nitrogen and oxygen atoms in total. The number of carbonyl (C=O) groups excluding carboxylic acids is 1. The highest BCUT2D eigenvalue weighted by Gasteiger charge is 2.41. The summed E-state index contributed by atoms with van der Waals surface area (Å²) in [6.45, 7) is 0. The fourth-order valence-corrected chi connectivity index (χ4v) is 2.89. The number of hydrogen-bond acceptors (Lipinski definition) is 4. The molecule has 0 saturated heterocycles. The lowest BCUT2D eigenvalue weighted by Crippen LogP contribution is -2.55. The Hall–Kier alpha value is -2.77. The first-order valence-electron chi connectivity index (χ1n) is 7.74. The molecule has 0 aliphatic heterocycles. The monoisotopic (exact) mass is 332 g/mol. The molecule has 1 saturated carbocycles. The van der Waals surface area contributed by atoms with Crippen molar-refractivity contribution in [2.24, 2.45) is 0 Å². The molecule has 126 valence electrons. The van der Waals surface area contributed by atoms with Crippen molar-refractivity contribution in [3.8, 4) is 5.69 Å². The number of amides is 1. The molecule has 0 bridgehead atoms. The van der Waals surface area contributed by atoms with Crippen LogP contribution in [0.4, 0.5) is 4.39 Å². The minimum atomic E-state index is -1.24. The number of nitrogens with zero attached hydrogens (tertiary/aromatic N) is 3. The smallest absolute Gasteiger partial charge is 0.329 e. The predicted octanol–water partition coefficient (Wildman–Crippen LogP) is 1.92. The Morgan fingerprint density at radius 1 is 1.17 bits per heavy atom. The van der Waals surface area contributed by atoms with Gasteiger partial charge in [-0.25, -0.2) is 9.18 Å². The average molecular weight is 332 g/mol. The maximum atomic E-state index is 12.9. The Labute approximate surface area is 137 Å². The van der Waals surface area contributed by atoms with E-state index in [0.717, 1.165) is 19.3 Å². The van der Waals surface area contributed by atoms with E-state index in [-0.39, 0.29) is 11.5 Å². The van der Waals surface area contributed by atoms with Gasteiger partial charge in [0.05, 0.1) is 11.9 Å². The maximum absolute atomic E-state index is 12.9. The summed E-state index contributed by atoms with van der Waals surface area (Å²) in [4.78, 5) is 25.2. The van der Waals surface area contributed by atoms with Gasteiger partial charge in [-0.1, -0.05) is 19.3 Å². The van der Waals surface area contributed by atoms with E-state index < -0.39 is 17.4 Å². The van der Waals surface area contributed by atoms with Crippen LogP contribution in [0.5, 0.6) is 0 Å². The SMILES string of the molecule is O=C(NC1(C(=O)O)CCCCC1)c1cnn(-c2ccc(F)cc2)n1. The first-order chi connectivity index (χ1) is 11.5. The van der Waals surface area contributed by atoms with Crippen LogP contribution in [-0.4, -0.2) is 37.5 Å². The zero-order valence-electron chi connectivity index (χ0n) is 12.9. The summed E-state index contributed by atoms with van der Waals surface area (Å²) >= 11 is 0. The van der Waals surface area contributed by atoms with E-state index in [2.05, 4.69) is 15.5 Å². The Morgan fingerprint density at radius 3 is 2.46 bits per heavy atom. The van der Waals surface area contributed by atoms with Crippen molar-refractivity contribution in [2.45, 2.75) is 37.6 Å². The number of nitrogens with one attached hydrogen (secondary N) is 1. The number of aromatic nitrogens is 3. The molecule has 0 unspecified atom stereocenters. The van der Waals surface area contributed by atoms with Crippen molar-refractivity contribution in [1.82, 2.24) is 20.3 Å². The fraction of sp³-hybridized carbons (Fsp3) is 0.375. The molecule has 1 fully saturated rings. The summed E-state index contributed by atoms with van der Waals surface area (Å²) in [6, 6.07) is 5.49. The molecule has 1 aliphatic rings. The van der Waals surface area contributed by atoms with E-state index in [0.29, 0.717) is 18.5 Å². The molecular formula is C16H17FN4O3. The standard InChI is InChI=1S/C16H17FN4O3/c17-11-4-6-12(7-5-11)21-18-10-13(20-21)14(22)19-16(15(23)24)8-2-1-3-9-16/h4-7,10H,1-3,8-9H2,(H,19,22)(H,23,24). The van der Waals surface area contributed by atoms with Gasteiger partial charge in [-0.2, -0.15) is 9.90 Å². The molecule has 2 N–H and O–H groups in total. The molecule has 1 aromatic heterocycles. The molecular weight excluding hydrogens is 315 g/mol. The molecule has 24 heavy (non-hydrogen) atoms. The second-order valence-electron chi connectivity index (χ2n) is 5.90. The molecule has 3 rings (SSSR count). The minimum Gasteiger partial charge on any atom is -0.480 e. The highest BCUT2D eigenvalue weighted by Crippen LogP contribution is 2.28. The van der Waals surface area contributed by atoms with Crippen LogP contribution in [0.3, 0.4) is 0 Å². The van der Waals surface area contributed by atoms with Crippen LogP contribution in [0.15, 0.2) is 30.5 Å². The number of carbonyl (C=O) groups is 2. The van der Waals surface area contributed by atoms with Crippen molar-refractivity contribution in [3.05, 3.63) is 42.0 Å². The summed E-state index contributed by atoms with van der Waals surface area (Å²) in [6.07, 6.45) is 4.55. The summed E-state index contributed by atoms with van der Waals surface area (Å²) in [7, 11) is 0. The summed E-state index contributed by atoms with van der Waals surface area (Å²) in [5.41, 5.74) is -0.721. The molecule has 2 aromatic rings. The number of carboxylic acid groups (broad SMARTS) is 1. The molecule has 1 amide bonds. The van der Waals surface area contributed by atoms with Crippen molar-refractivity contribution in [3.63, 3.8) is 0 Å². The third-order valence-corrected chi connectivity index (χ3v) is 4.25. The number of aliphatic carboxylic acids is 1. The molecule has 1 aromatic carbocycles. The van der Waals surface area contributed by atoms with Gasteiger partial charge in [0.15, 0.2) is 5.69 Å². The van der Waals surface area contributed by atoms with E-state index in [1.807, 2.05) is 0 Å². The molecule has 1 aliphatic carbocycles. The van der Waals surface area contributed by atoms with Gasteiger partial charge in [0.25, 0.3) is 5.91 Å². The number of hydrogen-bond donors (Lipinski definition) is 2. The van der Waals surface area contributed by atoms with Gasteiger partial charge in [0, 0.05) is 0 Å². The number of carboxylic acids is 1. The molecule has 0 radical (unpaired) electrons. The van der Waals surface area contributed by atoms with E-state index in [1.165, 1.54) is 35.3 Å². The molecule has 0 spiro atoms. The summed E-state index contributed by atoms with van der Waals surface area (Å²) < 4.78 is 12.9. The highest BCUT2D eigenvalue weighted by molar-refractivity contribution is 5.96. The van der Waals surface area contributed by atoms with Gasteiger partial charge >= 0.3 is 5.97 Å². The Balaban J connectivity index is 1.78. The second kappa shape index (κ2) is 6.38. The number of benzene rings is 1. The van der Waals surface area contributed by atoms with Crippen LogP contribution in [0.1, 0.15) is 42.6 Å². The maximum Gasteiger partial charge on any atom is 0.329 e. The third kappa shape index (κ3) is 3.12. The van der Waals surface area contributed by atoms with Gasteiger partial charge in [-0.15, -0.1) is 5.10 Å². The molecule has 8 heteroatoms. The Bertz CT molecular complexity index is 751. The summed E-state index contributed by atoms with van der Waals surface area (Å²) in [5.74, 6) is -1.99. The van der Waals surface area contributed by atoms with Crippen LogP contribution in [0.2, 0.25) is 0 Å². The fourth-order valence-electron chi connectivity index (χ4n) is 2.89. The van der Waals surface area contributed by atoms with Crippen molar-refractivity contribution >= 4 is 11.9 Å². The van der Waals surface area contributed by atoms with Gasteiger partial charge < -0.3 is 10.4 Å². The zero-order chi connectivity index (χ0) is 17.2. The van der Waals surface area contributed by atoms with Crippen LogP contribution in [0.25, 0.3) is 5.69 Å². The molecule has 1 heterocycles. The lowest BCUT2D eigenvalue weighted by Gasteiger charge is -2.33. The van der Waals surface area contributed by atoms with Crippen LogP contribution >= 0.6 is 0 Å². The topological polar surface area (TPSA) is 97.1 Å². The van der Waals surface area contributed by atoms with Crippen molar-refractivity contribution < 1.29 is 19.1 Å². The third-order valence-electron chi connectivity index (χ3n) is 4.25. The van der Waals surface area contributed by atoms with E-state index in [1.54, 1.807) is 0 Å². The van der Waals surface area contributed by atoms with Crippen molar-refractivity contribution in [2.75, 3.05) is 0 Å².